The number of hydrogen-bond acceptors (Lipinski definition) is 4. The van der Waals surface area contributed by atoms with Crippen LogP contribution in [0.3, 0.4) is 0 Å². The summed E-state index contributed by atoms with van der Waals surface area (Å²) in [5.41, 5.74) is 0.375. The second-order valence-electron chi connectivity index (χ2n) is 6.78. The van der Waals surface area contributed by atoms with Gasteiger partial charge >= 0.3 is 6.18 Å². The molecule has 0 bridgehead atoms. The Morgan fingerprint density at radius 3 is 2.55 bits per heavy atom. The van der Waals surface area contributed by atoms with E-state index in [4.69, 9.17) is 11.6 Å². The lowest BCUT2D eigenvalue weighted by molar-refractivity contribution is -0.136. The van der Waals surface area contributed by atoms with Crippen LogP contribution in [0.2, 0.25) is 5.02 Å². The second kappa shape index (κ2) is 8.02. The number of hydrogen-bond donors (Lipinski definition) is 1. The Kier molecular flexibility index (Phi) is 5.83. The minimum atomic E-state index is -4.53. The normalized spacial score (nSPS) is 12.0. The minimum Gasteiger partial charge on any atom is -0.354 e. The molecule has 0 aromatic carbocycles. The van der Waals surface area contributed by atoms with E-state index in [1.807, 2.05) is 0 Å². The molecule has 1 N–H and O–H groups in total. The lowest BCUT2D eigenvalue weighted by atomic mass is 10.1. The molecular formula is C18H20ClF3N6O. The van der Waals surface area contributed by atoms with Gasteiger partial charge in [-0.1, -0.05) is 11.6 Å². The van der Waals surface area contributed by atoms with Crippen molar-refractivity contribution in [3.63, 3.8) is 0 Å². The Morgan fingerprint density at radius 1 is 1.21 bits per heavy atom. The molecule has 29 heavy (non-hydrogen) atoms. The van der Waals surface area contributed by atoms with Crippen molar-refractivity contribution in [3.05, 3.63) is 39.9 Å². The van der Waals surface area contributed by atoms with Gasteiger partial charge in [0.1, 0.15) is 6.54 Å². The van der Waals surface area contributed by atoms with Gasteiger partial charge in [0.15, 0.2) is 5.65 Å². The van der Waals surface area contributed by atoms with E-state index in [1.54, 1.807) is 17.8 Å². The third-order valence-corrected chi connectivity index (χ3v) is 4.75. The van der Waals surface area contributed by atoms with Gasteiger partial charge in [-0.15, -0.1) is 0 Å². The summed E-state index contributed by atoms with van der Waals surface area (Å²) in [4.78, 5) is 16.4. The number of carbonyl (C=O) groups excluding carboxylic acids is 1. The Balaban J connectivity index is 1.66. The summed E-state index contributed by atoms with van der Waals surface area (Å²) in [5.74, 6) is -0.360. The Labute approximate surface area is 169 Å². The van der Waals surface area contributed by atoms with Gasteiger partial charge in [0.25, 0.3) is 0 Å². The average Bonchev–Trinajstić information content (AvgIpc) is 3.09. The highest BCUT2D eigenvalue weighted by atomic mass is 35.5. The molecule has 1 amide bonds. The Hall–Kier alpha value is -2.62. The zero-order chi connectivity index (χ0) is 21.3. The van der Waals surface area contributed by atoms with Crippen molar-refractivity contribution in [3.8, 4) is 0 Å². The summed E-state index contributed by atoms with van der Waals surface area (Å²) < 4.78 is 43.0. The highest BCUT2D eigenvalue weighted by molar-refractivity contribution is 6.31. The molecule has 0 radical (unpaired) electrons. The molecule has 0 fully saturated rings. The molecule has 3 rings (SSSR count). The van der Waals surface area contributed by atoms with E-state index in [1.165, 1.54) is 18.5 Å². The molecule has 7 nitrogen and oxygen atoms in total. The molecule has 0 saturated heterocycles. The monoisotopic (exact) mass is 428 g/mol. The molecule has 11 heteroatoms. The first-order valence-electron chi connectivity index (χ1n) is 8.94. The highest BCUT2D eigenvalue weighted by Gasteiger charge is 2.35. The van der Waals surface area contributed by atoms with Crippen molar-refractivity contribution in [2.45, 2.75) is 46.5 Å². The lowest BCUT2D eigenvalue weighted by Gasteiger charge is -2.10. The summed E-state index contributed by atoms with van der Waals surface area (Å²) in [7, 11) is 0. The number of halogens is 4. The zero-order valence-electron chi connectivity index (χ0n) is 16.1. The molecule has 0 aliphatic carbocycles. The molecule has 3 aromatic heterocycles. The molecule has 156 valence electrons. The number of nitrogens with one attached hydrogen (secondary N) is 1. The van der Waals surface area contributed by atoms with E-state index in [0.717, 1.165) is 11.8 Å². The topological polar surface area (TPSA) is 77.6 Å². The van der Waals surface area contributed by atoms with E-state index < -0.39 is 11.7 Å². The predicted octanol–water partition coefficient (Wildman–Crippen LogP) is 3.43. The summed E-state index contributed by atoms with van der Waals surface area (Å²) in [6, 6.07) is 0.991. The summed E-state index contributed by atoms with van der Waals surface area (Å²) in [6.07, 6.45) is -2.19. The fraction of sp³-hybridized carbons (Fsp3) is 0.444. The SMILES string of the molecule is Cc1cc(C(F)(F)F)c2c(C)nn(CC(=O)NCCCn3cc(Cl)c(C)n3)c2n1. The molecule has 3 aromatic rings. The van der Waals surface area contributed by atoms with Gasteiger partial charge in [0.05, 0.1) is 27.4 Å². The quantitative estimate of drug-likeness (QED) is 0.610. The number of aromatic nitrogens is 5. The summed E-state index contributed by atoms with van der Waals surface area (Å²) in [5, 5.41) is 11.6. The maximum absolute atomic E-state index is 13.4. The largest absolute Gasteiger partial charge is 0.417 e. The highest BCUT2D eigenvalue weighted by Crippen LogP contribution is 2.36. The first-order valence-corrected chi connectivity index (χ1v) is 9.32. The van der Waals surface area contributed by atoms with Crippen molar-refractivity contribution in [2.24, 2.45) is 0 Å². The zero-order valence-corrected chi connectivity index (χ0v) is 16.9. The van der Waals surface area contributed by atoms with Crippen LogP contribution in [0.15, 0.2) is 12.3 Å². The van der Waals surface area contributed by atoms with Crippen molar-refractivity contribution in [1.82, 2.24) is 29.9 Å². The number of aryl methyl sites for hydroxylation is 4. The van der Waals surface area contributed by atoms with Crippen LogP contribution in [-0.2, 0) is 24.1 Å². The van der Waals surface area contributed by atoms with Gasteiger partial charge < -0.3 is 5.32 Å². The van der Waals surface area contributed by atoms with Gasteiger partial charge in [-0.25, -0.2) is 9.67 Å². The van der Waals surface area contributed by atoms with Crippen LogP contribution in [0.25, 0.3) is 11.0 Å². The molecule has 0 spiro atoms. The van der Waals surface area contributed by atoms with Gasteiger partial charge in [-0.2, -0.15) is 23.4 Å². The number of nitrogens with zero attached hydrogens (tertiary/aromatic N) is 5. The first-order chi connectivity index (χ1) is 13.6. The van der Waals surface area contributed by atoms with Gasteiger partial charge in [0, 0.05) is 25.0 Å². The molecule has 0 unspecified atom stereocenters. The number of carbonyl (C=O) groups is 1. The summed E-state index contributed by atoms with van der Waals surface area (Å²) >= 11 is 5.94. The molecule has 0 saturated carbocycles. The maximum Gasteiger partial charge on any atom is 0.417 e. The number of fused-ring (bicyclic) bond motifs is 1. The van der Waals surface area contributed by atoms with Crippen LogP contribution in [0, 0.1) is 20.8 Å². The number of alkyl halides is 3. The summed E-state index contributed by atoms with van der Waals surface area (Å²) in [6.45, 7) is 5.49. The lowest BCUT2D eigenvalue weighted by Crippen LogP contribution is -2.29. The van der Waals surface area contributed by atoms with Crippen LogP contribution >= 0.6 is 11.6 Å². The molecule has 0 aliphatic heterocycles. The average molecular weight is 429 g/mol. The van der Waals surface area contributed by atoms with Gasteiger partial charge in [-0.3, -0.25) is 9.48 Å². The van der Waals surface area contributed by atoms with E-state index in [0.29, 0.717) is 24.5 Å². The number of amides is 1. The molecule has 0 aliphatic rings. The van der Waals surface area contributed by atoms with E-state index >= 15 is 0 Å². The third-order valence-electron chi connectivity index (χ3n) is 4.38. The number of pyridine rings is 1. The molecule has 3 heterocycles. The second-order valence-corrected chi connectivity index (χ2v) is 7.19. The maximum atomic E-state index is 13.4. The van der Waals surface area contributed by atoms with Crippen molar-refractivity contribution in [2.75, 3.05) is 6.54 Å². The predicted molar refractivity (Wildman–Crippen MR) is 102 cm³/mol. The van der Waals surface area contributed by atoms with Gasteiger partial charge in [0.2, 0.25) is 5.91 Å². The fourth-order valence-corrected chi connectivity index (χ4v) is 3.23. The van der Waals surface area contributed by atoms with Crippen molar-refractivity contribution >= 4 is 28.5 Å². The molecule has 0 atom stereocenters. The molecular weight excluding hydrogens is 409 g/mol. The third kappa shape index (κ3) is 4.69. The van der Waals surface area contributed by atoms with Crippen LogP contribution < -0.4 is 5.32 Å². The van der Waals surface area contributed by atoms with Crippen LogP contribution in [0.5, 0.6) is 0 Å². The minimum absolute atomic E-state index is 0.0478. The van der Waals surface area contributed by atoms with Crippen molar-refractivity contribution < 1.29 is 18.0 Å². The first kappa shape index (κ1) is 21.1. The van der Waals surface area contributed by atoms with E-state index in [-0.39, 0.29) is 34.9 Å². The van der Waals surface area contributed by atoms with Crippen LogP contribution in [0.4, 0.5) is 13.2 Å². The van der Waals surface area contributed by atoms with Crippen LogP contribution in [-0.4, -0.2) is 37.0 Å². The van der Waals surface area contributed by atoms with E-state index in [9.17, 15) is 18.0 Å². The van der Waals surface area contributed by atoms with Crippen LogP contribution in [0.1, 0.15) is 29.1 Å². The standard InChI is InChI=1S/C18H20ClF3N6O/c1-10-7-13(18(20,21)22)16-12(3)26-28(17(16)24-10)9-15(29)23-5-4-6-27-8-14(19)11(2)25-27/h7-8H,4-6,9H2,1-3H3,(H,23,29). The number of rotatable bonds is 6. The Morgan fingerprint density at radius 2 is 1.93 bits per heavy atom. The van der Waals surface area contributed by atoms with Gasteiger partial charge in [-0.05, 0) is 33.3 Å². The Bertz CT molecular complexity index is 1040. The smallest absolute Gasteiger partial charge is 0.354 e. The van der Waals surface area contributed by atoms with E-state index in [2.05, 4.69) is 20.5 Å². The van der Waals surface area contributed by atoms with Crippen molar-refractivity contribution in [1.29, 1.82) is 0 Å². The fourth-order valence-electron chi connectivity index (χ4n) is 3.08.